The Balaban J connectivity index is 1.98. The van der Waals surface area contributed by atoms with E-state index in [0.29, 0.717) is 0 Å². The maximum Gasteiger partial charge on any atom is 0.101 e. The molecular formula is C17H11N3S. The Labute approximate surface area is 126 Å². The minimum absolute atomic E-state index is 0.939. The maximum absolute atomic E-state index is 4.52. The van der Waals surface area contributed by atoms with Gasteiger partial charge in [-0.3, -0.25) is 9.97 Å². The lowest BCUT2D eigenvalue weighted by atomic mass is 10.1. The van der Waals surface area contributed by atoms with Crippen LogP contribution in [0.4, 0.5) is 0 Å². The van der Waals surface area contributed by atoms with Crippen molar-refractivity contribution in [1.82, 2.24) is 15.0 Å². The van der Waals surface area contributed by atoms with Crippen molar-refractivity contribution in [2.45, 2.75) is 9.92 Å². The monoisotopic (exact) mass is 289 g/mol. The van der Waals surface area contributed by atoms with Crippen molar-refractivity contribution in [1.29, 1.82) is 0 Å². The van der Waals surface area contributed by atoms with Crippen LogP contribution < -0.4 is 0 Å². The Bertz CT molecular complexity index is 923. The van der Waals surface area contributed by atoms with Gasteiger partial charge in [0, 0.05) is 34.3 Å². The van der Waals surface area contributed by atoms with Crippen LogP contribution in [0.2, 0.25) is 0 Å². The minimum atomic E-state index is 0.939. The van der Waals surface area contributed by atoms with Gasteiger partial charge in [-0.2, -0.15) is 0 Å². The van der Waals surface area contributed by atoms with Crippen LogP contribution in [0.15, 0.2) is 77.0 Å². The van der Waals surface area contributed by atoms with Gasteiger partial charge in [-0.05, 0) is 30.3 Å². The summed E-state index contributed by atoms with van der Waals surface area (Å²) in [4.78, 5) is 14.5. The molecule has 0 fully saturated rings. The van der Waals surface area contributed by atoms with Gasteiger partial charge in [-0.15, -0.1) is 0 Å². The highest BCUT2D eigenvalue weighted by Gasteiger charge is 2.09. The van der Waals surface area contributed by atoms with Crippen molar-refractivity contribution in [2.24, 2.45) is 0 Å². The fourth-order valence-corrected chi connectivity index (χ4v) is 3.29. The van der Waals surface area contributed by atoms with Crippen molar-refractivity contribution >= 4 is 33.6 Å². The first kappa shape index (κ1) is 12.3. The number of fused-ring (bicyclic) bond motifs is 3. The van der Waals surface area contributed by atoms with E-state index in [9.17, 15) is 0 Å². The molecule has 4 heteroatoms. The molecule has 1 aromatic carbocycles. The van der Waals surface area contributed by atoms with Gasteiger partial charge in [0.25, 0.3) is 0 Å². The largest absolute Gasteiger partial charge is 0.254 e. The molecule has 0 N–H and O–H groups in total. The van der Waals surface area contributed by atoms with Gasteiger partial charge >= 0.3 is 0 Å². The van der Waals surface area contributed by atoms with Crippen molar-refractivity contribution in [2.75, 3.05) is 0 Å². The summed E-state index contributed by atoms with van der Waals surface area (Å²) in [6, 6.07) is 16.2. The molecule has 0 unspecified atom stereocenters. The Morgan fingerprint density at radius 3 is 2.38 bits per heavy atom. The second-order valence-electron chi connectivity index (χ2n) is 4.62. The van der Waals surface area contributed by atoms with Gasteiger partial charge in [0.05, 0.1) is 11.0 Å². The molecule has 4 aromatic rings. The minimum Gasteiger partial charge on any atom is -0.254 e. The summed E-state index contributed by atoms with van der Waals surface area (Å²) in [6.45, 7) is 0. The normalized spacial score (nSPS) is 11.0. The predicted molar refractivity (Wildman–Crippen MR) is 85.4 cm³/mol. The summed E-state index contributed by atoms with van der Waals surface area (Å²) in [7, 11) is 0. The zero-order chi connectivity index (χ0) is 14.1. The second kappa shape index (κ2) is 5.14. The van der Waals surface area contributed by atoms with Crippen molar-refractivity contribution in [3.05, 3.63) is 67.1 Å². The highest BCUT2D eigenvalue weighted by Crippen LogP contribution is 2.35. The van der Waals surface area contributed by atoms with Gasteiger partial charge in [0.2, 0.25) is 0 Å². The van der Waals surface area contributed by atoms with E-state index in [1.165, 1.54) is 0 Å². The first-order valence-corrected chi connectivity index (χ1v) is 7.45. The standard InChI is InChI=1S/C17H11N3S/c1-2-8-18-15(7-1)21-14-11-12-5-3-9-19-16(12)17-13(14)6-4-10-20-17/h1-11H. The zero-order valence-corrected chi connectivity index (χ0v) is 11.9. The lowest BCUT2D eigenvalue weighted by Gasteiger charge is -2.08. The second-order valence-corrected chi connectivity index (χ2v) is 5.68. The van der Waals surface area contributed by atoms with Crippen LogP contribution in [0.25, 0.3) is 21.8 Å². The Hall–Kier alpha value is -2.46. The van der Waals surface area contributed by atoms with E-state index in [1.807, 2.05) is 48.9 Å². The molecule has 0 aliphatic rings. The van der Waals surface area contributed by atoms with Gasteiger partial charge in [-0.1, -0.05) is 30.0 Å². The van der Waals surface area contributed by atoms with Crippen LogP contribution in [-0.4, -0.2) is 15.0 Å². The van der Waals surface area contributed by atoms with Crippen LogP contribution in [0.5, 0.6) is 0 Å². The molecule has 3 aromatic heterocycles. The predicted octanol–water partition coefficient (Wildman–Crippen LogP) is 4.33. The summed E-state index contributed by atoms with van der Waals surface area (Å²) in [5.41, 5.74) is 1.88. The summed E-state index contributed by atoms with van der Waals surface area (Å²) in [5, 5.41) is 3.19. The topological polar surface area (TPSA) is 38.7 Å². The molecule has 4 rings (SSSR count). The molecule has 100 valence electrons. The number of pyridine rings is 3. The number of rotatable bonds is 2. The van der Waals surface area contributed by atoms with E-state index in [2.05, 4.69) is 33.2 Å². The lowest BCUT2D eigenvalue weighted by molar-refractivity contribution is 1.13. The highest BCUT2D eigenvalue weighted by atomic mass is 32.2. The summed E-state index contributed by atoms with van der Waals surface area (Å²) < 4.78 is 0. The SMILES string of the molecule is c1ccc(Sc2cc3cccnc3c3ncccc23)nc1. The fraction of sp³-hybridized carbons (Fsp3) is 0. The molecule has 0 radical (unpaired) electrons. The van der Waals surface area contributed by atoms with Gasteiger partial charge in [-0.25, -0.2) is 4.98 Å². The van der Waals surface area contributed by atoms with E-state index in [1.54, 1.807) is 11.8 Å². The molecule has 0 saturated carbocycles. The Morgan fingerprint density at radius 2 is 1.52 bits per heavy atom. The molecule has 0 spiro atoms. The van der Waals surface area contributed by atoms with E-state index >= 15 is 0 Å². The third-order valence-electron chi connectivity index (χ3n) is 3.28. The molecule has 0 amide bonds. The van der Waals surface area contributed by atoms with Crippen LogP contribution in [0.3, 0.4) is 0 Å². The van der Waals surface area contributed by atoms with Crippen LogP contribution >= 0.6 is 11.8 Å². The maximum atomic E-state index is 4.52. The molecule has 0 saturated heterocycles. The number of aromatic nitrogens is 3. The highest BCUT2D eigenvalue weighted by molar-refractivity contribution is 7.99. The Morgan fingerprint density at radius 1 is 0.714 bits per heavy atom. The zero-order valence-electron chi connectivity index (χ0n) is 11.1. The van der Waals surface area contributed by atoms with Crippen LogP contribution in [-0.2, 0) is 0 Å². The number of nitrogens with zero attached hydrogens (tertiary/aromatic N) is 3. The van der Waals surface area contributed by atoms with Gasteiger partial charge < -0.3 is 0 Å². The third-order valence-corrected chi connectivity index (χ3v) is 4.28. The van der Waals surface area contributed by atoms with Crippen molar-refractivity contribution in [3.63, 3.8) is 0 Å². The average molecular weight is 289 g/mol. The molecule has 0 atom stereocenters. The molecule has 3 heterocycles. The van der Waals surface area contributed by atoms with Crippen LogP contribution in [0, 0.1) is 0 Å². The Kier molecular flexibility index (Phi) is 3.01. The quantitative estimate of drug-likeness (QED) is 0.515. The van der Waals surface area contributed by atoms with Crippen molar-refractivity contribution < 1.29 is 0 Å². The van der Waals surface area contributed by atoms with E-state index in [-0.39, 0.29) is 0 Å². The van der Waals surface area contributed by atoms with E-state index < -0.39 is 0 Å². The molecule has 0 bridgehead atoms. The molecular weight excluding hydrogens is 278 g/mol. The van der Waals surface area contributed by atoms with Gasteiger partial charge in [0.15, 0.2) is 0 Å². The molecule has 0 aliphatic heterocycles. The van der Waals surface area contributed by atoms with E-state index in [4.69, 9.17) is 0 Å². The first-order valence-electron chi connectivity index (χ1n) is 6.63. The number of hydrogen-bond donors (Lipinski definition) is 0. The first-order chi connectivity index (χ1) is 10.4. The summed E-state index contributed by atoms with van der Waals surface area (Å²) in [5.74, 6) is 0. The molecule has 0 aliphatic carbocycles. The van der Waals surface area contributed by atoms with Gasteiger partial charge in [0.1, 0.15) is 5.03 Å². The lowest BCUT2D eigenvalue weighted by Crippen LogP contribution is -1.87. The smallest absolute Gasteiger partial charge is 0.101 e. The van der Waals surface area contributed by atoms with Crippen molar-refractivity contribution in [3.8, 4) is 0 Å². The van der Waals surface area contributed by atoms with E-state index in [0.717, 1.165) is 31.7 Å². The number of hydrogen-bond acceptors (Lipinski definition) is 4. The molecule has 21 heavy (non-hydrogen) atoms. The molecule has 3 nitrogen and oxygen atoms in total. The van der Waals surface area contributed by atoms with Crippen LogP contribution in [0.1, 0.15) is 0 Å². The average Bonchev–Trinajstić information content (AvgIpc) is 2.56. The summed E-state index contributed by atoms with van der Waals surface area (Å²) >= 11 is 1.65. The summed E-state index contributed by atoms with van der Waals surface area (Å²) in [6.07, 6.45) is 5.43. The fourth-order valence-electron chi connectivity index (χ4n) is 2.35. The third kappa shape index (κ3) is 2.23. The number of benzene rings is 1.